The summed E-state index contributed by atoms with van der Waals surface area (Å²) in [7, 11) is 1.78. The van der Waals surface area contributed by atoms with Gasteiger partial charge in [0.1, 0.15) is 0 Å². The number of nitrogens with zero attached hydrogens (tertiary/aromatic N) is 1. The van der Waals surface area contributed by atoms with E-state index in [9.17, 15) is 5.11 Å². The van der Waals surface area contributed by atoms with Crippen LogP contribution >= 0.6 is 0 Å². The summed E-state index contributed by atoms with van der Waals surface area (Å²) in [5.74, 6) is 0.404. The molecule has 1 aliphatic heterocycles. The van der Waals surface area contributed by atoms with E-state index in [-0.39, 0.29) is 6.04 Å². The molecule has 1 aromatic rings. The molecule has 3 atom stereocenters. The van der Waals surface area contributed by atoms with Crippen LogP contribution < -0.4 is 0 Å². The highest BCUT2D eigenvalue weighted by Crippen LogP contribution is 2.29. The van der Waals surface area contributed by atoms with Gasteiger partial charge in [0.15, 0.2) is 0 Å². The number of ether oxygens (including phenoxy) is 1. The average molecular weight is 277 g/mol. The van der Waals surface area contributed by atoms with Crippen molar-refractivity contribution >= 4 is 0 Å². The van der Waals surface area contributed by atoms with Gasteiger partial charge >= 0.3 is 0 Å². The van der Waals surface area contributed by atoms with Gasteiger partial charge in [-0.3, -0.25) is 4.90 Å². The Hall–Kier alpha value is -0.900. The van der Waals surface area contributed by atoms with Crippen LogP contribution in [0.2, 0.25) is 0 Å². The predicted octanol–water partition coefficient (Wildman–Crippen LogP) is 2.86. The molecule has 0 saturated carbocycles. The van der Waals surface area contributed by atoms with Gasteiger partial charge in [0.2, 0.25) is 0 Å². The quantitative estimate of drug-likeness (QED) is 0.898. The van der Waals surface area contributed by atoms with E-state index in [1.54, 1.807) is 7.11 Å². The standard InChI is InChI=1S/C17H27NO2/c1-13(2)16(17(19)14-8-5-4-6-9-14)18-11-7-10-15(12-18)20-3/h4-6,8-9,13,15-17,19H,7,10-12H2,1-3H3. The molecule has 0 spiro atoms. The molecule has 0 radical (unpaired) electrons. The third-order valence-electron chi connectivity index (χ3n) is 4.31. The number of piperidine rings is 1. The molecular weight excluding hydrogens is 250 g/mol. The van der Waals surface area contributed by atoms with Gasteiger partial charge in [-0.25, -0.2) is 0 Å². The minimum atomic E-state index is -0.438. The van der Waals surface area contributed by atoms with Crippen molar-refractivity contribution in [2.24, 2.45) is 5.92 Å². The summed E-state index contributed by atoms with van der Waals surface area (Å²) in [5, 5.41) is 10.8. The average Bonchev–Trinajstić information content (AvgIpc) is 2.48. The minimum Gasteiger partial charge on any atom is -0.387 e. The number of methoxy groups -OCH3 is 1. The summed E-state index contributed by atoms with van der Waals surface area (Å²) < 4.78 is 5.51. The summed E-state index contributed by atoms with van der Waals surface area (Å²) in [6.07, 6.45) is 2.13. The summed E-state index contributed by atoms with van der Waals surface area (Å²) in [5.41, 5.74) is 1.01. The maximum Gasteiger partial charge on any atom is 0.0947 e. The smallest absolute Gasteiger partial charge is 0.0947 e. The fourth-order valence-corrected chi connectivity index (χ4v) is 3.26. The van der Waals surface area contributed by atoms with Crippen LogP contribution in [0, 0.1) is 5.92 Å². The lowest BCUT2D eigenvalue weighted by Crippen LogP contribution is -2.50. The monoisotopic (exact) mass is 277 g/mol. The second-order valence-electron chi connectivity index (χ2n) is 6.09. The summed E-state index contributed by atoms with van der Waals surface area (Å²) in [6.45, 7) is 6.34. The van der Waals surface area contributed by atoms with Crippen molar-refractivity contribution in [3.8, 4) is 0 Å². The summed E-state index contributed by atoms with van der Waals surface area (Å²) >= 11 is 0. The van der Waals surface area contributed by atoms with Gasteiger partial charge in [-0.1, -0.05) is 44.2 Å². The van der Waals surface area contributed by atoms with Gasteiger partial charge < -0.3 is 9.84 Å². The number of rotatable bonds is 5. The molecule has 1 N–H and O–H groups in total. The predicted molar refractivity (Wildman–Crippen MR) is 81.6 cm³/mol. The van der Waals surface area contributed by atoms with Crippen LogP contribution in [0.25, 0.3) is 0 Å². The zero-order valence-corrected chi connectivity index (χ0v) is 12.8. The minimum absolute atomic E-state index is 0.148. The molecule has 1 fully saturated rings. The van der Waals surface area contributed by atoms with Crippen molar-refractivity contribution in [2.75, 3.05) is 20.2 Å². The highest BCUT2D eigenvalue weighted by atomic mass is 16.5. The van der Waals surface area contributed by atoms with Crippen LogP contribution in [0.5, 0.6) is 0 Å². The lowest BCUT2D eigenvalue weighted by Gasteiger charge is -2.42. The van der Waals surface area contributed by atoms with Crippen LogP contribution in [0.4, 0.5) is 0 Å². The van der Waals surface area contributed by atoms with Gasteiger partial charge in [-0.15, -0.1) is 0 Å². The molecule has 1 saturated heterocycles. The Morgan fingerprint density at radius 1 is 1.25 bits per heavy atom. The fourth-order valence-electron chi connectivity index (χ4n) is 3.26. The molecule has 1 aliphatic rings. The van der Waals surface area contributed by atoms with E-state index in [0.717, 1.165) is 31.5 Å². The molecule has 0 aliphatic carbocycles. The van der Waals surface area contributed by atoms with Crippen molar-refractivity contribution in [3.63, 3.8) is 0 Å². The lowest BCUT2D eigenvalue weighted by molar-refractivity contribution is -0.0346. The molecule has 3 heteroatoms. The van der Waals surface area contributed by atoms with Gasteiger partial charge in [0.25, 0.3) is 0 Å². The Morgan fingerprint density at radius 3 is 2.55 bits per heavy atom. The Labute approximate surface area is 122 Å². The molecule has 20 heavy (non-hydrogen) atoms. The number of aliphatic hydroxyl groups excluding tert-OH is 1. The van der Waals surface area contributed by atoms with Gasteiger partial charge in [-0.05, 0) is 30.9 Å². The van der Waals surface area contributed by atoms with Crippen molar-refractivity contribution in [1.82, 2.24) is 4.90 Å². The first-order valence-electron chi connectivity index (χ1n) is 7.63. The Morgan fingerprint density at radius 2 is 1.95 bits per heavy atom. The third-order valence-corrected chi connectivity index (χ3v) is 4.31. The van der Waals surface area contributed by atoms with Crippen LogP contribution in [0.15, 0.2) is 30.3 Å². The lowest BCUT2D eigenvalue weighted by atomic mass is 9.90. The zero-order chi connectivity index (χ0) is 14.5. The van der Waals surface area contributed by atoms with E-state index in [1.165, 1.54) is 0 Å². The van der Waals surface area contributed by atoms with Crippen LogP contribution in [-0.4, -0.2) is 42.4 Å². The van der Waals surface area contributed by atoms with E-state index < -0.39 is 6.10 Å². The molecule has 1 aromatic carbocycles. The number of benzene rings is 1. The molecule has 112 valence electrons. The second kappa shape index (κ2) is 7.21. The number of aliphatic hydroxyl groups is 1. The third kappa shape index (κ3) is 3.60. The van der Waals surface area contributed by atoms with Crippen LogP contribution in [0.1, 0.15) is 38.4 Å². The molecule has 2 rings (SSSR count). The highest BCUT2D eigenvalue weighted by Gasteiger charge is 2.33. The van der Waals surface area contributed by atoms with Crippen molar-refractivity contribution in [1.29, 1.82) is 0 Å². The molecule has 3 nitrogen and oxygen atoms in total. The second-order valence-corrected chi connectivity index (χ2v) is 6.09. The topological polar surface area (TPSA) is 32.7 Å². The largest absolute Gasteiger partial charge is 0.387 e. The number of hydrogen-bond acceptors (Lipinski definition) is 3. The Kier molecular flexibility index (Phi) is 5.58. The van der Waals surface area contributed by atoms with Crippen LogP contribution in [0.3, 0.4) is 0 Å². The van der Waals surface area contributed by atoms with Gasteiger partial charge in [-0.2, -0.15) is 0 Å². The zero-order valence-electron chi connectivity index (χ0n) is 12.8. The molecule has 0 bridgehead atoms. The van der Waals surface area contributed by atoms with E-state index in [0.29, 0.717) is 12.0 Å². The Bertz CT molecular complexity index is 393. The maximum absolute atomic E-state index is 10.8. The molecule has 1 heterocycles. The van der Waals surface area contributed by atoms with Gasteiger partial charge in [0.05, 0.1) is 12.2 Å². The van der Waals surface area contributed by atoms with E-state index in [2.05, 4.69) is 18.7 Å². The first kappa shape index (κ1) is 15.5. The summed E-state index contributed by atoms with van der Waals surface area (Å²) in [6, 6.07) is 10.1. The normalized spacial score (nSPS) is 23.8. The first-order valence-corrected chi connectivity index (χ1v) is 7.63. The highest BCUT2D eigenvalue weighted by molar-refractivity contribution is 5.19. The molecule has 3 unspecified atom stereocenters. The van der Waals surface area contributed by atoms with Crippen molar-refractivity contribution in [2.45, 2.75) is 44.9 Å². The SMILES string of the molecule is COC1CCCN(C(C(C)C)C(O)c2ccccc2)C1. The Balaban J connectivity index is 2.14. The number of likely N-dealkylation sites (tertiary alicyclic amines) is 1. The molecule has 0 aromatic heterocycles. The number of hydrogen-bond donors (Lipinski definition) is 1. The van der Waals surface area contributed by atoms with Gasteiger partial charge in [0, 0.05) is 19.7 Å². The van der Waals surface area contributed by atoms with Crippen molar-refractivity contribution < 1.29 is 9.84 Å². The maximum atomic E-state index is 10.8. The molecular formula is C17H27NO2. The molecule has 0 amide bonds. The van der Waals surface area contributed by atoms with E-state index in [1.807, 2.05) is 30.3 Å². The van der Waals surface area contributed by atoms with Crippen LogP contribution in [-0.2, 0) is 4.74 Å². The fraction of sp³-hybridized carbons (Fsp3) is 0.647. The van der Waals surface area contributed by atoms with E-state index in [4.69, 9.17) is 4.74 Å². The van der Waals surface area contributed by atoms with Crippen molar-refractivity contribution in [3.05, 3.63) is 35.9 Å². The summed E-state index contributed by atoms with van der Waals surface area (Å²) in [4.78, 5) is 2.40. The first-order chi connectivity index (χ1) is 9.63. The van der Waals surface area contributed by atoms with E-state index >= 15 is 0 Å².